The normalized spacial score (nSPS) is 13.5. The summed E-state index contributed by atoms with van der Waals surface area (Å²) in [6.45, 7) is 14.1. The Morgan fingerprint density at radius 2 is 1.79 bits per heavy atom. The van der Waals surface area contributed by atoms with Crippen molar-refractivity contribution in [1.29, 1.82) is 0 Å². The number of allylic oxidation sites excluding steroid dienone is 1. The van der Waals surface area contributed by atoms with Gasteiger partial charge in [-0.25, -0.2) is 4.67 Å². The molecular formula is C12H22N2O3PS+. The van der Waals surface area contributed by atoms with E-state index in [1.807, 2.05) is 39.9 Å². The number of hydrogen-bond acceptors (Lipinski definition) is 5. The van der Waals surface area contributed by atoms with Gasteiger partial charge in [-0.1, -0.05) is 11.8 Å². The zero-order valence-corrected chi connectivity index (χ0v) is 13.8. The fraction of sp³-hybridized carbons (Fsp3) is 0.500. The standard InChI is InChI=1S/C10H17N2OPS.2CH2O/c1-7(2)10-11-8(3)6-9(12-10)13-14(4,5)15;2*1-2/h6-7H,1-5H3;2*1H2/p+1. The molecule has 5 nitrogen and oxygen atoms in total. The molecule has 7 heteroatoms. The van der Waals surface area contributed by atoms with E-state index in [2.05, 4.69) is 23.8 Å². The average molecular weight is 305 g/mol. The molecular weight excluding hydrogens is 283 g/mol. The summed E-state index contributed by atoms with van der Waals surface area (Å²) >= 11 is 5.27. The Morgan fingerprint density at radius 3 is 2.16 bits per heavy atom. The van der Waals surface area contributed by atoms with E-state index >= 15 is 0 Å². The van der Waals surface area contributed by atoms with Crippen molar-refractivity contribution in [3.05, 3.63) is 12.0 Å². The van der Waals surface area contributed by atoms with Gasteiger partial charge in [0.15, 0.2) is 0 Å². The van der Waals surface area contributed by atoms with Crippen LogP contribution < -0.4 is 9.98 Å². The summed E-state index contributed by atoms with van der Waals surface area (Å²) in [5, 5.41) is 3.17. The van der Waals surface area contributed by atoms with Gasteiger partial charge < -0.3 is 14.1 Å². The molecule has 1 N–H and O–H groups in total. The van der Waals surface area contributed by atoms with Gasteiger partial charge in [-0.2, -0.15) is 5.32 Å². The molecule has 0 radical (unpaired) electrons. The summed E-state index contributed by atoms with van der Waals surface area (Å²) in [6, 6.07) is 0. The molecule has 0 saturated heterocycles. The lowest BCUT2D eigenvalue weighted by Gasteiger charge is -2.15. The summed E-state index contributed by atoms with van der Waals surface area (Å²) in [5.41, 5.74) is 0.955. The molecule has 0 aromatic carbocycles. The molecule has 0 aromatic heterocycles. The maximum Gasteiger partial charge on any atom is 0.353 e. The first-order chi connectivity index (χ1) is 8.78. The quantitative estimate of drug-likeness (QED) is 0.629. The molecule has 0 fully saturated rings. The van der Waals surface area contributed by atoms with Gasteiger partial charge in [-0.05, 0) is 27.2 Å². The maximum atomic E-state index is 8.00. The van der Waals surface area contributed by atoms with Gasteiger partial charge in [0.05, 0.1) is 12.0 Å². The number of rotatable bonds is 3. The summed E-state index contributed by atoms with van der Waals surface area (Å²) in [4.78, 5) is 16.0. The second-order valence-corrected chi connectivity index (χ2v) is 9.59. The predicted octanol–water partition coefficient (Wildman–Crippen LogP) is 1.31. The van der Waals surface area contributed by atoms with Crippen molar-refractivity contribution in [2.24, 2.45) is 5.92 Å². The zero-order chi connectivity index (χ0) is 15.6. The van der Waals surface area contributed by atoms with Crippen LogP contribution in [-0.4, -0.2) is 38.5 Å². The minimum absolute atomic E-state index is 0.360. The van der Waals surface area contributed by atoms with Gasteiger partial charge in [0.2, 0.25) is 5.71 Å². The molecule has 1 heterocycles. The van der Waals surface area contributed by atoms with Gasteiger partial charge in [0, 0.05) is 6.92 Å². The number of carbonyl (C=O) groups excluding carboxylic acids is 2. The van der Waals surface area contributed by atoms with Crippen LogP contribution in [-0.2, 0) is 25.9 Å². The molecule has 1 aliphatic rings. The SMILES string of the molecule is C=O.C=O.CC1=[N+]=C(C(C)C)NC(OP(C)(C)=S)=C1. The second kappa shape index (κ2) is 9.68. The Bertz CT molecular complexity index is 432. The van der Waals surface area contributed by atoms with E-state index in [9.17, 15) is 0 Å². The van der Waals surface area contributed by atoms with Gasteiger partial charge in [0.1, 0.15) is 19.8 Å². The van der Waals surface area contributed by atoms with Crippen molar-refractivity contribution in [1.82, 2.24) is 9.98 Å². The summed E-state index contributed by atoms with van der Waals surface area (Å²) in [7, 11) is 0. The number of carbonyl (C=O) groups is 2. The second-order valence-electron chi connectivity index (χ2n) is 4.27. The Hall–Kier alpha value is -1.22. The highest BCUT2D eigenvalue weighted by Gasteiger charge is 2.23. The summed E-state index contributed by atoms with van der Waals surface area (Å²) in [5.74, 6) is 2.03. The van der Waals surface area contributed by atoms with E-state index < -0.39 is 6.26 Å². The van der Waals surface area contributed by atoms with Crippen LogP contribution in [0.5, 0.6) is 0 Å². The van der Waals surface area contributed by atoms with Crippen LogP contribution in [0.1, 0.15) is 20.8 Å². The van der Waals surface area contributed by atoms with Gasteiger partial charge in [0.25, 0.3) is 5.88 Å². The average Bonchev–Trinajstić information content (AvgIpc) is 2.31. The van der Waals surface area contributed by atoms with Crippen LogP contribution in [0.4, 0.5) is 0 Å². The molecule has 19 heavy (non-hydrogen) atoms. The van der Waals surface area contributed by atoms with Crippen LogP contribution in [0.15, 0.2) is 12.0 Å². The molecule has 108 valence electrons. The zero-order valence-electron chi connectivity index (χ0n) is 12.1. The highest BCUT2D eigenvalue weighted by molar-refractivity contribution is 8.11. The molecule has 1 rings (SSSR count). The molecule has 0 unspecified atom stereocenters. The van der Waals surface area contributed by atoms with Crippen LogP contribution in [0.25, 0.3) is 0 Å². The van der Waals surface area contributed by atoms with Gasteiger partial charge >= 0.3 is 5.84 Å². The molecule has 0 amide bonds. The lowest BCUT2D eigenvalue weighted by molar-refractivity contribution is -0.0987. The fourth-order valence-electron chi connectivity index (χ4n) is 1.16. The molecule has 0 spiro atoms. The summed E-state index contributed by atoms with van der Waals surface area (Å²) in [6.07, 6.45) is 0.206. The lowest BCUT2D eigenvalue weighted by atomic mass is 10.2. The molecule has 1 aliphatic heterocycles. The topological polar surface area (TPSA) is 69.5 Å². The smallest absolute Gasteiger partial charge is 0.353 e. The third kappa shape index (κ3) is 9.37. The van der Waals surface area contributed by atoms with Crippen LogP contribution in [0, 0.1) is 5.92 Å². The number of nitrogens with one attached hydrogen (secondary N) is 1. The minimum atomic E-state index is -1.68. The van der Waals surface area contributed by atoms with Gasteiger partial charge in [-0.3, -0.25) is 0 Å². The minimum Gasteiger partial charge on any atom is -0.434 e. The van der Waals surface area contributed by atoms with E-state index in [4.69, 9.17) is 25.9 Å². The predicted molar refractivity (Wildman–Crippen MR) is 85.3 cm³/mol. The van der Waals surface area contributed by atoms with Crippen molar-refractivity contribution >= 4 is 43.2 Å². The van der Waals surface area contributed by atoms with E-state index in [1.165, 1.54) is 0 Å². The number of nitrogens with zero attached hydrogens (tertiary/aromatic N) is 1. The van der Waals surface area contributed by atoms with Crippen molar-refractivity contribution in [2.45, 2.75) is 20.8 Å². The molecule has 0 aliphatic carbocycles. The highest BCUT2D eigenvalue weighted by atomic mass is 32.4. The number of hydrogen-bond donors (Lipinski definition) is 1. The first-order valence-corrected chi connectivity index (χ1v) is 9.12. The fourth-order valence-corrected chi connectivity index (χ4v) is 1.97. The Kier molecular flexibility index (Phi) is 10.2. The molecule has 0 saturated carbocycles. The first-order valence-electron chi connectivity index (χ1n) is 5.51. The first kappa shape index (κ1) is 20.1. The molecule has 0 bridgehead atoms. The van der Waals surface area contributed by atoms with E-state index in [-0.39, 0.29) is 0 Å². The van der Waals surface area contributed by atoms with E-state index in [0.29, 0.717) is 5.92 Å². The third-order valence-electron chi connectivity index (χ3n) is 1.75. The van der Waals surface area contributed by atoms with E-state index in [0.717, 1.165) is 17.4 Å². The number of amidine groups is 1. The third-order valence-corrected chi connectivity index (χ3v) is 2.61. The maximum absolute atomic E-state index is 8.00. The van der Waals surface area contributed by atoms with Gasteiger partial charge in [-0.15, -0.1) is 0 Å². The van der Waals surface area contributed by atoms with Crippen molar-refractivity contribution < 1.29 is 14.1 Å². The molecule has 0 aromatic rings. The van der Waals surface area contributed by atoms with Crippen LogP contribution in [0.3, 0.4) is 0 Å². The van der Waals surface area contributed by atoms with Crippen LogP contribution in [0.2, 0.25) is 0 Å². The van der Waals surface area contributed by atoms with Crippen molar-refractivity contribution in [3.8, 4) is 0 Å². The monoisotopic (exact) mass is 305 g/mol. The summed E-state index contributed by atoms with van der Waals surface area (Å²) < 4.78 is 10.1. The Labute approximate surface area is 120 Å². The van der Waals surface area contributed by atoms with Crippen LogP contribution >= 0.6 is 6.26 Å². The lowest BCUT2D eigenvalue weighted by Crippen LogP contribution is -2.34. The van der Waals surface area contributed by atoms with Crippen molar-refractivity contribution in [3.63, 3.8) is 0 Å². The Balaban J connectivity index is 0. The molecule has 0 atom stereocenters. The largest absolute Gasteiger partial charge is 0.434 e. The van der Waals surface area contributed by atoms with Crippen molar-refractivity contribution in [2.75, 3.05) is 13.3 Å². The Morgan fingerprint density at radius 1 is 1.32 bits per heavy atom. The van der Waals surface area contributed by atoms with E-state index in [1.54, 1.807) is 0 Å². The highest BCUT2D eigenvalue weighted by Crippen LogP contribution is 2.40.